The first kappa shape index (κ1) is 13.0. The van der Waals surface area contributed by atoms with Crippen molar-refractivity contribution in [2.75, 3.05) is 5.32 Å². The van der Waals surface area contributed by atoms with Gasteiger partial charge in [0.05, 0.1) is 0 Å². The van der Waals surface area contributed by atoms with E-state index in [-0.39, 0.29) is 11.8 Å². The van der Waals surface area contributed by atoms with Gasteiger partial charge in [-0.1, -0.05) is 19.3 Å². The van der Waals surface area contributed by atoms with Crippen molar-refractivity contribution in [3.05, 3.63) is 24.3 Å². The van der Waals surface area contributed by atoms with Gasteiger partial charge in [-0.05, 0) is 49.9 Å². The molecule has 0 bridgehead atoms. The van der Waals surface area contributed by atoms with Gasteiger partial charge in [-0.15, -0.1) is 11.8 Å². The number of carbonyl (C=O) groups excluding carboxylic acids is 1. The lowest BCUT2D eigenvalue weighted by molar-refractivity contribution is -0.122. The van der Waals surface area contributed by atoms with Gasteiger partial charge in [0.15, 0.2) is 0 Å². The average Bonchev–Trinajstić information content (AvgIpc) is 2.82. The molecule has 1 N–H and O–H groups in total. The van der Waals surface area contributed by atoms with Gasteiger partial charge in [-0.2, -0.15) is 0 Å². The molecule has 0 heterocycles. The molecule has 2 fully saturated rings. The molecule has 1 aromatic carbocycles. The van der Waals surface area contributed by atoms with E-state index in [0.717, 1.165) is 23.8 Å². The summed E-state index contributed by atoms with van der Waals surface area (Å²) in [4.78, 5) is 13.2. The first-order valence-corrected chi connectivity index (χ1v) is 8.27. The van der Waals surface area contributed by atoms with Crippen LogP contribution < -0.4 is 5.32 Å². The predicted octanol–water partition coefficient (Wildman–Crippen LogP) is 4.46. The van der Waals surface area contributed by atoms with Crippen LogP contribution in [0, 0.1) is 5.92 Å². The molecule has 2 aliphatic rings. The number of amides is 1. The van der Waals surface area contributed by atoms with E-state index in [0.29, 0.717) is 0 Å². The van der Waals surface area contributed by atoms with Crippen molar-refractivity contribution in [3.63, 3.8) is 0 Å². The van der Waals surface area contributed by atoms with E-state index in [2.05, 4.69) is 17.4 Å². The molecule has 2 aliphatic carbocycles. The van der Waals surface area contributed by atoms with Gasteiger partial charge in [0, 0.05) is 21.8 Å². The maximum Gasteiger partial charge on any atom is 0.227 e. The SMILES string of the molecule is O=C(Nc1ccc(SC2CCCC2)cc1)C1CCC1. The third kappa shape index (κ3) is 3.33. The van der Waals surface area contributed by atoms with Crippen molar-refractivity contribution in [2.24, 2.45) is 5.92 Å². The van der Waals surface area contributed by atoms with Crippen LogP contribution in [0.4, 0.5) is 5.69 Å². The number of hydrogen-bond donors (Lipinski definition) is 1. The summed E-state index contributed by atoms with van der Waals surface area (Å²) in [6.07, 6.45) is 8.79. The van der Waals surface area contributed by atoms with Crippen LogP contribution >= 0.6 is 11.8 Å². The van der Waals surface area contributed by atoms with E-state index >= 15 is 0 Å². The van der Waals surface area contributed by atoms with Crippen molar-refractivity contribution in [3.8, 4) is 0 Å². The number of rotatable bonds is 4. The van der Waals surface area contributed by atoms with Gasteiger partial charge in [0.2, 0.25) is 5.91 Å². The smallest absolute Gasteiger partial charge is 0.227 e. The predicted molar refractivity (Wildman–Crippen MR) is 80.5 cm³/mol. The van der Waals surface area contributed by atoms with Crippen molar-refractivity contribution in [1.82, 2.24) is 0 Å². The number of carbonyl (C=O) groups is 1. The summed E-state index contributed by atoms with van der Waals surface area (Å²) < 4.78 is 0. The van der Waals surface area contributed by atoms with Crippen LogP contribution in [0.5, 0.6) is 0 Å². The molecule has 2 saturated carbocycles. The Morgan fingerprint density at radius 3 is 2.26 bits per heavy atom. The van der Waals surface area contributed by atoms with Crippen LogP contribution in [0.25, 0.3) is 0 Å². The minimum absolute atomic E-state index is 0.197. The molecule has 0 spiro atoms. The normalized spacial score (nSPS) is 20.2. The van der Waals surface area contributed by atoms with E-state index in [1.807, 2.05) is 23.9 Å². The molecule has 0 aliphatic heterocycles. The molecule has 2 nitrogen and oxygen atoms in total. The lowest BCUT2D eigenvalue weighted by Gasteiger charge is -2.24. The van der Waals surface area contributed by atoms with Crippen molar-refractivity contribution < 1.29 is 4.79 Å². The quantitative estimate of drug-likeness (QED) is 0.879. The zero-order valence-corrected chi connectivity index (χ0v) is 12.0. The molecule has 3 heteroatoms. The van der Waals surface area contributed by atoms with Gasteiger partial charge >= 0.3 is 0 Å². The summed E-state index contributed by atoms with van der Waals surface area (Å²) in [5.74, 6) is 0.454. The Balaban J connectivity index is 1.54. The van der Waals surface area contributed by atoms with Gasteiger partial charge in [0.25, 0.3) is 0 Å². The summed E-state index contributed by atoms with van der Waals surface area (Å²) in [7, 11) is 0. The van der Waals surface area contributed by atoms with Crippen molar-refractivity contribution in [1.29, 1.82) is 0 Å². The molecule has 3 rings (SSSR count). The molecule has 0 radical (unpaired) electrons. The second-order valence-corrected chi connectivity index (χ2v) is 7.04. The molecule has 1 amide bonds. The zero-order valence-electron chi connectivity index (χ0n) is 11.2. The Hall–Kier alpha value is -0.960. The fourth-order valence-corrected chi connectivity index (χ4v) is 3.98. The van der Waals surface area contributed by atoms with Crippen LogP contribution in [0.2, 0.25) is 0 Å². The zero-order chi connectivity index (χ0) is 13.1. The highest BCUT2D eigenvalue weighted by molar-refractivity contribution is 8.00. The molecular weight excluding hydrogens is 254 g/mol. The molecule has 1 aromatic rings. The van der Waals surface area contributed by atoms with Gasteiger partial charge in [-0.3, -0.25) is 4.79 Å². The van der Waals surface area contributed by atoms with Crippen LogP contribution in [0.3, 0.4) is 0 Å². The minimum atomic E-state index is 0.197. The minimum Gasteiger partial charge on any atom is -0.326 e. The maximum atomic E-state index is 11.8. The molecule has 0 saturated heterocycles. The Morgan fingerprint density at radius 2 is 1.68 bits per heavy atom. The summed E-state index contributed by atoms with van der Waals surface area (Å²) in [5.41, 5.74) is 0.938. The van der Waals surface area contributed by atoms with Crippen molar-refractivity contribution >= 4 is 23.4 Å². The molecule has 19 heavy (non-hydrogen) atoms. The summed E-state index contributed by atoms with van der Waals surface area (Å²) in [6.45, 7) is 0. The summed E-state index contributed by atoms with van der Waals surface area (Å²) >= 11 is 1.99. The third-order valence-electron chi connectivity index (χ3n) is 4.20. The Morgan fingerprint density at radius 1 is 1.00 bits per heavy atom. The molecule has 0 aromatic heterocycles. The van der Waals surface area contributed by atoms with Crippen LogP contribution in [-0.2, 0) is 4.79 Å². The maximum absolute atomic E-state index is 11.8. The number of nitrogens with one attached hydrogen (secondary N) is 1. The Labute approximate surface area is 119 Å². The molecule has 102 valence electrons. The van der Waals surface area contributed by atoms with Crippen molar-refractivity contribution in [2.45, 2.75) is 55.1 Å². The van der Waals surface area contributed by atoms with E-state index in [9.17, 15) is 4.79 Å². The summed E-state index contributed by atoms with van der Waals surface area (Å²) in [5, 5.41) is 3.82. The molecule has 0 unspecified atom stereocenters. The first-order valence-electron chi connectivity index (χ1n) is 7.39. The monoisotopic (exact) mass is 275 g/mol. The van der Waals surface area contributed by atoms with Gasteiger partial charge in [0.1, 0.15) is 0 Å². The highest BCUT2D eigenvalue weighted by atomic mass is 32.2. The van der Waals surface area contributed by atoms with E-state index in [1.165, 1.54) is 37.0 Å². The Kier molecular flexibility index (Phi) is 4.12. The fourth-order valence-electron chi connectivity index (χ4n) is 2.73. The highest BCUT2D eigenvalue weighted by Crippen LogP contribution is 2.35. The lowest BCUT2D eigenvalue weighted by Crippen LogP contribution is -2.27. The number of thioether (sulfide) groups is 1. The number of benzene rings is 1. The van der Waals surface area contributed by atoms with Crippen LogP contribution in [-0.4, -0.2) is 11.2 Å². The second kappa shape index (κ2) is 6.00. The molecular formula is C16H21NOS. The second-order valence-electron chi connectivity index (χ2n) is 5.67. The summed E-state index contributed by atoms with van der Waals surface area (Å²) in [6, 6.07) is 8.35. The average molecular weight is 275 g/mol. The van der Waals surface area contributed by atoms with Crippen LogP contribution in [0.15, 0.2) is 29.2 Å². The van der Waals surface area contributed by atoms with Gasteiger partial charge < -0.3 is 5.32 Å². The standard InChI is InChI=1S/C16H21NOS/c18-16(12-4-3-5-12)17-13-8-10-15(11-9-13)19-14-6-1-2-7-14/h8-12,14H,1-7H2,(H,17,18). The lowest BCUT2D eigenvalue weighted by atomic mass is 9.85. The van der Waals surface area contributed by atoms with Gasteiger partial charge in [-0.25, -0.2) is 0 Å². The molecule has 0 atom stereocenters. The number of hydrogen-bond acceptors (Lipinski definition) is 2. The van der Waals surface area contributed by atoms with E-state index < -0.39 is 0 Å². The highest BCUT2D eigenvalue weighted by Gasteiger charge is 2.25. The Bertz CT molecular complexity index is 433. The van der Waals surface area contributed by atoms with E-state index in [4.69, 9.17) is 0 Å². The van der Waals surface area contributed by atoms with E-state index in [1.54, 1.807) is 0 Å². The largest absolute Gasteiger partial charge is 0.326 e. The van der Waals surface area contributed by atoms with Crippen LogP contribution in [0.1, 0.15) is 44.9 Å². The first-order chi connectivity index (χ1) is 9.31. The third-order valence-corrected chi connectivity index (χ3v) is 5.55. The fraction of sp³-hybridized carbons (Fsp3) is 0.562. The number of anilines is 1. The topological polar surface area (TPSA) is 29.1 Å².